The van der Waals surface area contributed by atoms with E-state index in [-0.39, 0.29) is 11.8 Å². The molecule has 0 radical (unpaired) electrons. The number of hydrogen-bond donors (Lipinski definition) is 4. The fourth-order valence-electron chi connectivity index (χ4n) is 2.82. The van der Waals surface area contributed by atoms with E-state index in [4.69, 9.17) is 29.5 Å². The lowest BCUT2D eigenvalue weighted by molar-refractivity contribution is -0.0519. The summed E-state index contributed by atoms with van der Waals surface area (Å²) in [7, 11) is -11.0. The highest BCUT2D eigenvalue weighted by Crippen LogP contribution is 2.58. The Morgan fingerprint density at radius 3 is 2.76 bits per heavy atom. The van der Waals surface area contributed by atoms with Crippen LogP contribution in [0.4, 0.5) is 5.82 Å². The number of fused-ring (bicyclic) bond motifs is 1. The van der Waals surface area contributed by atoms with Crippen molar-refractivity contribution in [1.82, 2.24) is 19.5 Å². The zero-order chi connectivity index (χ0) is 24.2. The Bertz CT molecular complexity index is 1090. The number of phosphoric acid groups is 2. The molecule has 184 valence electrons. The highest BCUT2D eigenvalue weighted by molar-refractivity contribution is 8.76. The lowest BCUT2D eigenvalue weighted by atomic mass is 10.2. The van der Waals surface area contributed by atoms with Crippen LogP contribution in [0.1, 0.15) is 12.6 Å². The topological polar surface area (TPSA) is 228 Å². The van der Waals surface area contributed by atoms with Crippen LogP contribution in [0, 0.1) is 0 Å². The first-order valence-electron chi connectivity index (χ1n) is 8.74. The summed E-state index contributed by atoms with van der Waals surface area (Å²) in [4.78, 5) is 39.1. The molecule has 2 unspecified atom stereocenters. The molecule has 3 rings (SSSR count). The molecular formula is C12H19N5O11P3S2+. The van der Waals surface area contributed by atoms with E-state index in [0.717, 1.165) is 0 Å². The molecule has 1 aliphatic rings. The van der Waals surface area contributed by atoms with Crippen LogP contribution in [0.5, 0.6) is 0 Å². The third-order valence-electron chi connectivity index (χ3n) is 4.07. The Hall–Kier alpha value is -0.710. The van der Waals surface area contributed by atoms with Crippen LogP contribution in [0.2, 0.25) is 0 Å². The molecule has 2 aromatic heterocycles. The highest BCUT2D eigenvalue weighted by atomic mass is 33.1. The van der Waals surface area contributed by atoms with Crippen LogP contribution < -0.4 is 5.73 Å². The standard InChI is InChI=1S/C12H18N5O11P3S2/c1-32-33-6-24-7-2-9(17-5-16-10-11(13)14-4-15-12(10)17)26-8(7)3-25-31(22,23)28-29(18)27-30(19,20)21/h4-5,7-9H,2-3,6H2,1H3,(H4-,13,14,15,19,20,21,22,23)/p+1/t7-,8+,9+/m0/s1. The molecule has 33 heavy (non-hydrogen) atoms. The van der Waals surface area contributed by atoms with E-state index in [1.54, 1.807) is 4.57 Å². The molecule has 1 fully saturated rings. The molecule has 0 bridgehead atoms. The first kappa shape index (κ1) is 26.9. The minimum absolute atomic E-state index is 0.186. The summed E-state index contributed by atoms with van der Waals surface area (Å²) < 4.78 is 59.9. The van der Waals surface area contributed by atoms with Gasteiger partial charge < -0.3 is 25.0 Å². The molecule has 0 amide bonds. The first-order chi connectivity index (χ1) is 15.5. The van der Waals surface area contributed by atoms with Crippen molar-refractivity contribution >= 4 is 62.5 Å². The fraction of sp³-hybridized carbons (Fsp3) is 0.583. The summed E-state index contributed by atoms with van der Waals surface area (Å²) in [6, 6.07) is 0. The normalized spacial score (nSPS) is 23.6. The Morgan fingerprint density at radius 2 is 2.06 bits per heavy atom. The number of imidazole rings is 1. The van der Waals surface area contributed by atoms with Crippen molar-refractivity contribution in [2.75, 3.05) is 24.5 Å². The van der Waals surface area contributed by atoms with Crippen molar-refractivity contribution in [2.24, 2.45) is 0 Å². The Labute approximate surface area is 195 Å². The number of aromatic nitrogens is 4. The maximum atomic E-state index is 12.0. The van der Waals surface area contributed by atoms with Crippen LogP contribution in [0.15, 0.2) is 12.7 Å². The van der Waals surface area contributed by atoms with E-state index in [9.17, 15) is 18.6 Å². The molecule has 2 aromatic rings. The van der Waals surface area contributed by atoms with Crippen LogP contribution in [-0.2, 0) is 36.3 Å². The van der Waals surface area contributed by atoms with Gasteiger partial charge in [-0.05, 0) is 14.9 Å². The van der Waals surface area contributed by atoms with E-state index in [1.165, 1.54) is 34.2 Å². The van der Waals surface area contributed by atoms with Crippen LogP contribution >= 0.6 is 45.5 Å². The summed E-state index contributed by atoms with van der Waals surface area (Å²) in [6.45, 7) is -0.540. The second-order valence-corrected chi connectivity index (χ2v) is 12.6. The monoisotopic (exact) mass is 566 g/mol. The molecule has 21 heteroatoms. The van der Waals surface area contributed by atoms with Crippen molar-refractivity contribution < 1.29 is 51.0 Å². The average Bonchev–Trinajstić information content (AvgIpc) is 3.29. The molecular weight excluding hydrogens is 547 g/mol. The number of nitrogen functional groups attached to an aromatic ring is 1. The van der Waals surface area contributed by atoms with Gasteiger partial charge in [0.1, 0.15) is 30.1 Å². The van der Waals surface area contributed by atoms with E-state index >= 15 is 0 Å². The molecule has 0 aliphatic carbocycles. The van der Waals surface area contributed by atoms with Gasteiger partial charge in [0.2, 0.25) is 0 Å². The summed E-state index contributed by atoms with van der Waals surface area (Å²) in [5.74, 6) is 0.471. The summed E-state index contributed by atoms with van der Waals surface area (Å²) in [5.41, 5.74) is 6.59. The minimum Gasteiger partial charge on any atom is -0.382 e. The largest absolute Gasteiger partial charge is 0.719 e. The fourth-order valence-corrected chi connectivity index (χ4v) is 5.88. The minimum atomic E-state index is -5.21. The molecule has 3 heterocycles. The lowest BCUT2D eigenvalue weighted by Gasteiger charge is -2.18. The van der Waals surface area contributed by atoms with E-state index in [2.05, 4.69) is 23.6 Å². The van der Waals surface area contributed by atoms with Crippen molar-refractivity contribution in [2.45, 2.75) is 24.9 Å². The third kappa shape index (κ3) is 7.64. The number of anilines is 1. The van der Waals surface area contributed by atoms with E-state index < -0.39 is 48.9 Å². The van der Waals surface area contributed by atoms with E-state index in [0.29, 0.717) is 17.6 Å². The zero-order valence-corrected chi connectivity index (χ0v) is 21.0. The van der Waals surface area contributed by atoms with Gasteiger partial charge in [-0.2, -0.15) is 0 Å². The number of rotatable bonds is 12. The average molecular weight is 566 g/mol. The molecule has 0 aromatic carbocycles. The summed E-state index contributed by atoms with van der Waals surface area (Å²) >= 11 is 0. The Morgan fingerprint density at radius 1 is 1.30 bits per heavy atom. The second-order valence-electron chi connectivity index (χ2n) is 6.20. The van der Waals surface area contributed by atoms with Gasteiger partial charge in [0.15, 0.2) is 11.5 Å². The SMILES string of the molecule is CSSCO[C@H]1C[C@H](n2cnc3c(N)ncnc32)O[C@@H]1COP(=O)(O)O[P+](=O)OP(=O)(O)O. The molecule has 1 saturated heterocycles. The van der Waals surface area contributed by atoms with Crippen LogP contribution in [0.3, 0.4) is 0 Å². The van der Waals surface area contributed by atoms with Gasteiger partial charge in [0, 0.05) is 11.0 Å². The Balaban J connectivity index is 1.69. The predicted molar refractivity (Wildman–Crippen MR) is 117 cm³/mol. The molecule has 0 saturated carbocycles. The lowest BCUT2D eigenvalue weighted by Crippen LogP contribution is -2.28. The maximum absolute atomic E-state index is 12.0. The number of nitrogens with zero attached hydrogens (tertiary/aromatic N) is 4. The van der Waals surface area contributed by atoms with Crippen molar-refractivity contribution in [3.8, 4) is 0 Å². The highest BCUT2D eigenvalue weighted by Gasteiger charge is 2.45. The van der Waals surface area contributed by atoms with Gasteiger partial charge in [-0.25, -0.2) is 24.1 Å². The quantitative estimate of drug-likeness (QED) is 0.124. The Kier molecular flexibility index (Phi) is 9.25. The summed E-state index contributed by atoms with van der Waals surface area (Å²) in [6.07, 6.45) is 2.78. The van der Waals surface area contributed by atoms with Crippen molar-refractivity contribution in [3.63, 3.8) is 0 Å². The predicted octanol–water partition coefficient (Wildman–Crippen LogP) is 1.95. The number of ether oxygens (including phenoxy) is 2. The zero-order valence-electron chi connectivity index (χ0n) is 16.6. The molecule has 16 nitrogen and oxygen atoms in total. The third-order valence-corrected chi connectivity index (χ3v) is 8.75. The number of phosphoric ester groups is 1. The van der Waals surface area contributed by atoms with Crippen LogP contribution in [0.25, 0.3) is 11.2 Å². The first-order valence-corrected chi connectivity index (χ1v) is 15.6. The molecule has 1 aliphatic heterocycles. The van der Waals surface area contributed by atoms with Gasteiger partial charge in [-0.1, -0.05) is 21.6 Å². The van der Waals surface area contributed by atoms with Gasteiger partial charge >= 0.3 is 23.9 Å². The number of nitrogens with two attached hydrogens (primary N) is 1. The maximum Gasteiger partial charge on any atom is 0.719 e. The molecule has 0 spiro atoms. The van der Waals surface area contributed by atoms with Crippen molar-refractivity contribution in [1.29, 1.82) is 0 Å². The van der Waals surface area contributed by atoms with Crippen LogP contribution in [-0.4, -0.2) is 65.2 Å². The van der Waals surface area contributed by atoms with Gasteiger partial charge in [0.25, 0.3) is 0 Å². The summed E-state index contributed by atoms with van der Waals surface area (Å²) in [5, 5.41) is 0. The van der Waals surface area contributed by atoms with Gasteiger partial charge in [-0.3, -0.25) is 14.0 Å². The molecule has 5 atom stereocenters. The van der Waals surface area contributed by atoms with Crippen molar-refractivity contribution in [3.05, 3.63) is 12.7 Å². The molecule has 5 N–H and O–H groups in total. The smallest absolute Gasteiger partial charge is 0.382 e. The number of hydrogen-bond acceptors (Lipinski definition) is 14. The second kappa shape index (κ2) is 11.4. The van der Waals surface area contributed by atoms with Gasteiger partial charge in [0.05, 0.1) is 19.0 Å². The van der Waals surface area contributed by atoms with E-state index in [1.807, 2.05) is 6.26 Å². The van der Waals surface area contributed by atoms with Gasteiger partial charge in [-0.15, -0.1) is 0 Å².